The Balaban J connectivity index is 2.16. The molecule has 17 heavy (non-hydrogen) atoms. The van der Waals surface area contributed by atoms with Gasteiger partial charge in [-0.15, -0.1) is 0 Å². The van der Waals surface area contributed by atoms with Gasteiger partial charge < -0.3 is 10.5 Å². The van der Waals surface area contributed by atoms with Crippen LogP contribution < -0.4 is 10.5 Å². The number of aromatic nitrogens is 1. The van der Waals surface area contributed by atoms with Gasteiger partial charge in [-0.2, -0.15) is 0 Å². The number of hydrogen-bond acceptors (Lipinski definition) is 3. The summed E-state index contributed by atoms with van der Waals surface area (Å²) in [5.74, 6) is 0.756. The van der Waals surface area contributed by atoms with E-state index < -0.39 is 0 Å². The van der Waals surface area contributed by atoms with Crippen molar-refractivity contribution >= 4 is 0 Å². The summed E-state index contributed by atoms with van der Waals surface area (Å²) < 4.78 is 5.88. The minimum absolute atomic E-state index is 0.00861. The number of hydrogen-bond donors (Lipinski definition) is 1. The van der Waals surface area contributed by atoms with Crippen molar-refractivity contribution in [3.63, 3.8) is 0 Å². The number of benzene rings is 1. The Morgan fingerprint density at radius 1 is 1.18 bits per heavy atom. The number of nitrogens with zero attached hydrogens (tertiary/aromatic N) is 1. The molecule has 0 amide bonds. The highest BCUT2D eigenvalue weighted by Gasteiger charge is 2.09. The molecule has 88 valence electrons. The molecule has 0 spiro atoms. The number of pyridine rings is 1. The van der Waals surface area contributed by atoms with E-state index in [1.54, 1.807) is 6.20 Å². The highest BCUT2D eigenvalue weighted by Crippen LogP contribution is 2.23. The van der Waals surface area contributed by atoms with Crippen LogP contribution in [0.5, 0.6) is 5.75 Å². The lowest BCUT2D eigenvalue weighted by atomic mass is 10.1. The molecule has 2 rings (SSSR count). The maximum atomic E-state index is 5.88. The number of nitrogens with two attached hydrogens (primary N) is 1. The van der Waals surface area contributed by atoms with E-state index in [0.717, 1.165) is 17.0 Å². The van der Waals surface area contributed by atoms with Crippen LogP contribution in [0.1, 0.15) is 24.3 Å². The fourth-order valence-corrected chi connectivity index (χ4v) is 1.67. The van der Waals surface area contributed by atoms with Gasteiger partial charge in [0, 0.05) is 12.7 Å². The summed E-state index contributed by atoms with van der Waals surface area (Å²) in [5.41, 5.74) is 7.55. The molecule has 1 aromatic carbocycles. The highest BCUT2D eigenvalue weighted by molar-refractivity contribution is 5.28. The van der Waals surface area contributed by atoms with Gasteiger partial charge in [-0.1, -0.05) is 30.3 Å². The van der Waals surface area contributed by atoms with Gasteiger partial charge >= 0.3 is 0 Å². The second-order valence-electron chi connectivity index (χ2n) is 3.82. The first-order valence-corrected chi connectivity index (χ1v) is 5.67. The van der Waals surface area contributed by atoms with Crippen molar-refractivity contribution in [2.24, 2.45) is 5.73 Å². The second-order valence-corrected chi connectivity index (χ2v) is 3.82. The third-order valence-corrected chi connectivity index (χ3v) is 2.61. The predicted octanol–water partition coefficient (Wildman–Crippen LogP) is 2.68. The van der Waals surface area contributed by atoms with E-state index in [-0.39, 0.29) is 6.10 Å². The van der Waals surface area contributed by atoms with Crippen molar-refractivity contribution < 1.29 is 4.74 Å². The van der Waals surface area contributed by atoms with E-state index >= 15 is 0 Å². The molecular weight excluding hydrogens is 212 g/mol. The van der Waals surface area contributed by atoms with Gasteiger partial charge in [-0.3, -0.25) is 4.98 Å². The van der Waals surface area contributed by atoms with Gasteiger partial charge in [0.1, 0.15) is 11.9 Å². The van der Waals surface area contributed by atoms with Gasteiger partial charge in [0.25, 0.3) is 0 Å². The van der Waals surface area contributed by atoms with Gasteiger partial charge in [0.05, 0.1) is 5.69 Å². The zero-order valence-corrected chi connectivity index (χ0v) is 9.84. The Labute approximate surface area is 101 Å². The normalized spacial score (nSPS) is 12.1. The largest absolute Gasteiger partial charge is 0.484 e. The molecule has 0 aliphatic heterocycles. The molecule has 2 N–H and O–H groups in total. The Bertz CT molecular complexity index is 471. The molecule has 3 nitrogen and oxygen atoms in total. The van der Waals surface area contributed by atoms with Crippen LogP contribution >= 0.6 is 0 Å². The Hall–Kier alpha value is -1.87. The van der Waals surface area contributed by atoms with E-state index in [9.17, 15) is 0 Å². The molecule has 1 unspecified atom stereocenters. The van der Waals surface area contributed by atoms with E-state index in [1.807, 2.05) is 49.4 Å². The van der Waals surface area contributed by atoms with Crippen molar-refractivity contribution in [1.82, 2.24) is 4.98 Å². The lowest BCUT2D eigenvalue weighted by Gasteiger charge is -2.16. The standard InChI is InChI=1S/C14H16N2O/c1-11(12-6-3-2-4-7-12)17-14-8-5-9-16-13(14)10-15/h2-9,11H,10,15H2,1H3. The third kappa shape index (κ3) is 2.82. The van der Waals surface area contributed by atoms with Gasteiger partial charge in [0.15, 0.2) is 0 Å². The smallest absolute Gasteiger partial charge is 0.143 e. The summed E-state index contributed by atoms with van der Waals surface area (Å²) in [6.45, 7) is 2.40. The Morgan fingerprint density at radius 2 is 1.94 bits per heavy atom. The highest BCUT2D eigenvalue weighted by atomic mass is 16.5. The van der Waals surface area contributed by atoms with Gasteiger partial charge in [-0.25, -0.2) is 0 Å². The fourth-order valence-electron chi connectivity index (χ4n) is 1.67. The minimum Gasteiger partial charge on any atom is -0.484 e. The first kappa shape index (κ1) is 11.6. The van der Waals surface area contributed by atoms with Crippen LogP contribution in [0.2, 0.25) is 0 Å². The molecule has 0 aliphatic carbocycles. The SMILES string of the molecule is CC(Oc1cccnc1CN)c1ccccc1. The summed E-state index contributed by atoms with van der Waals surface area (Å²) in [4.78, 5) is 4.19. The molecule has 0 aliphatic rings. The van der Waals surface area contributed by atoms with Crippen LogP contribution in [0.4, 0.5) is 0 Å². The van der Waals surface area contributed by atoms with Crippen LogP contribution in [0.15, 0.2) is 48.7 Å². The van der Waals surface area contributed by atoms with Crippen molar-refractivity contribution in [3.8, 4) is 5.75 Å². The summed E-state index contributed by atoms with van der Waals surface area (Å²) >= 11 is 0. The van der Waals surface area contributed by atoms with Crippen molar-refractivity contribution in [3.05, 3.63) is 59.9 Å². The average Bonchev–Trinajstić information content (AvgIpc) is 2.40. The van der Waals surface area contributed by atoms with Gasteiger partial charge in [-0.05, 0) is 24.6 Å². The van der Waals surface area contributed by atoms with Crippen LogP contribution in [0, 0.1) is 0 Å². The molecule has 0 fully saturated rings. The summed E-state index contributed by atoms with van der Waals surface area (Å²) in [7, 11) is 0. The molecule has 0 saturated heterocycles. The van der Waals surface area contributed by atoms with E-state index in [2.05, 4.69) is 4.98 Å². The van der Waals surface area contributed by atoms with Crippen LogP contribution in [0.25, 0.3) is 0 Å². The molecule has 0 radical (unpaired) electrons. The topological polar surface area (TPSA) is 48.1 Å². The van der Waals surface area contributed by atoms with E-state index in [0.29, 0.717) is 6.54 Å². The van der Waals surface area contributed by atoms with Crippen LogP contribution in [-0.4, -0.2) is 4.98 Å². The quantitative estimate of drug-likeness (QED) is 0.875. The van der Waals surface area contributed by atoms with Crippen molar-refractivity contribution in [2.45, 2.75) is 19.6 Å². The zero-order chi connectivity index (χ0) is 12.1. The van der Waals surface area contributed by atoms with Gasteiger partial charge in [0.2, 0.25) is 0 Å². The minimum atomic E-state index is -0.00861. The lowest BCUT2D eigenvalue weighted by molar-refractivity contribution is 0.223. The molecule has 0 bridgehead atoms. The predicted molar refractivity (Wildman–Crippen MR) is 67.6 cm³/mol. The monoisotopic (exact) mass is 228 g/mol. The molecule has 3 heteroatoms. The fraction of sp³-hybridized carbons (Fsp3) is 0.214. The van der Waals surface area contributed by atoms with Crippen LogP contribution in [-0.2, 0) is 6.54 Å². The molecule has 1 heterocycles. The Morgan fingerprint density at radius 3 is 2.65 bits per heavy atom. The second kappa shape index (κ2) is 5.46. The first-order valence-electron chi connectivity index (χ1n) is 5.67. The molecule has 2 aromatic rings. The first-order chi connectivity index (χ1) is 8.31. The third-order valence-electron chi connectivity index (χ3n) is 2.61. The van der Waals surface area contributed by atoms with Crippen molar-refractivity contribution in [2.75, 3.05) is 0 Å². The summed E-state index contributed by atoms with van der Waals surface area (Å²) in [6, 6.07) is 13.8. The van der Waals surface area contributed by atoms with E-state index in [1.165, 1.54) is 0 Å². The molecule has 1 atom stereocenters. The van der Waals surface area contributed by atoms with Crippen LogP contribution in [0.3, 0.4) is 0 Å². The maximum absolute atomic E-state index is 5.88. The maximum Gasteiger partial charge on any atom is 0.143 e. The molecular formula is C14H16N2O. The van der Waals surface area contributed by atoms with Crippen molar-refractivity contribution in [1.29, 1.82) is 0 Å². The molecule has 1 aromatic heterocycles. The average molecular weight is 228 g/mol. The Kier molecular flexibility index (Phi) is 3.73. The lowest BCUT2D eigenvalue weighted by Crippen LogP contribution is -2.08. The number of ether oxygens (including phenoxy) is 1. The summed E-state index contributed by atoms with van der Waals surface area (Å²) in [6.07, 6.45) is 1.72. The molecule has 0 saturated carbocycles. The number of rotatable bonds is 4. The zero-order valence-electron chi connectivity index (χ0n) is 9.84. The van der Waals surface area contributed by atoms with E-state index in [4.69, 9.17) is 10.5 Å². The summed E-state index contributed by atoms with van der Waals surface area (Å²) in [5, 5.41) is 0.